The first-order valence-electron chi connectivity index (χ1n) is 7.00. The molecule has 106 valence electrons. The first kappa shape index (κ1) is 13.5. The molecule has 1 aliphatic heterocycles. The van der Waals surface area contributed by atoms with Gasteiger partial charge in [-0.3, -0.25) is 0 Å². The van der Waals surface area contributed by atoms with Crippen molar-refractivity contribution in [3.8, 4) is 0 Å². The Morgan fingerprint density at radius 1 is 1.55 bits per heavy atom. The smallest absolute Gasteiger partial charge is 0.337 e. The van der Waals surface area contributed by atoms with Gasteiger partial charge in [-0.15, -0.1) is 0 Å². The molecule has 1 aromatic heterocycles. The first-order chi connectivity index (χ1) is 9.70. The van der Waals surface area contributed by atoms with E-state index in [-0.39, 0.29) is 0 Å². The highest BCUT2D eigenvalue weighted by Crippen LogP contribution is 2.28. The Morgan fingerprint density at radius 3 is 3.05 bits per heavy atom. The topological polar surface area (TPSA) is 55.1 Å². The molecule has 0 aliphatic carbocycles. The minimum absolute atomic E-state index is 0.303. The van der Waals surface area contributed by atoms with E-state index in [1.165, 1.54) is 17.9 Å². The molecule has 2 heterocycles. The fraction of sp³-hybridized carbons (Fsp3) is 0.467. The summed E-state index contributed by atoms with van der Waals surface area (Å²) in [6, 6.07) is 5.43. The summed E-state index contributed by atoms with van der Waals surface area (Å²) >= 11 is 2.00. The predicted octanol–water partition coefficient (Wildman–Crippen LogP) is 3.05. The van der Waals surface area contributed by atoms with E-state index in [4.69, 9.17) is 0 Å². The number of imidazole rings is 1. The van der Waals surface area contributed by atoms with Crippen LogP contribution in [-0.4, -0.2) is 32.1 Å². The summed E-state index contributed by atoms with van der Waals surface area (Å²) in [6.07, 6.45) is 2.07. The monoisotopic (exact) mass is 290 g/mol. The van der Waals surface area contributed by atoms with E-state index in [1.807, 2.05) is 23.9 Å². The normalized spacial score (nSPS) is 18.8. The third-order valence-electron chi connectivity index (χ3n) is 3.87. The molecule has 4 nitrogen and oxygen atoms in total. The Bertz CT molecular complexity index is 645. The molecule has 0 amide bonds. The number of carboxylic acids is 1. The average Bonchev–Trinajstić information content (AvgIpc) is 3.06. The quantitative estimate of drug-likeness (QED) is 0.940. The van der Waals surface area contributed by atoms with Crippen LogP contribution < -0.4 is 0 Å². The molecule has 1 aromatic carbocycles. The largest absolute Gasteiger partial charge is 0.478 e. The second-order valence-electron chi connectivity index (χ2n) is 5.20. The third-order valence-corrected chi connectivity index (χ3v) is 5.10. The van der Waals surface area contributed by atoms with Crippen LogP contribution in [-0.2, 0) is 13.0 Å². The van der Waals surface area contributed by atoms with Crippen LogP contribution in [0.15, 0.2) is 18.2 Å². The van der Waals surface area contributed by atoms with E-state index < -0.39 is 5.97 Å². The van der Waals surface area contributed by atoms with Gasteiger partial charge in [0.25, 0.3) is 0 Å². The van der Waals surface area contributed by atoms with Crippen LogP contribution in [0, 0.1) is 5.92 Å². The maximum absolute atomic E-state index is 11.3. The van der Waals surface area contributed by atoms with E-state index in [0.717, 1.165) is 24.3 Å². The number of thioether (sulfide) groups is 1. The fourth-order valence-electron chi connectivity index (χ4n) is 2.83. The van der Waals surface area contributed by atoms with Gasteiger partial charge in [-0.25, -0.2) is 9.78 Å². The third kappa shape index (κ3) is 2.30. The molecule has 1 aliphatic rings. The van der Waals surface area contributed by atoms with Gasteiger partial charge in [0.15, 0.2) is 0 Å². The van der Waals surface area contributed by atoms with Gasteiger partial charge in [-0.2, -0.15) is 11.8 Å². The van der Waals surface area contributed by atoms with Crippen LogP contribution in [0.25, 0.3) is 11.0 Å². The molecule has 1 unspecified atom stereocenters. The molecule has 1 saturated heterocycles. The Labute approximate surface area is 122 Å². The number of hydrogen-bond acceptors (Lipinski definition) is 3. The van der Waals surface area contributed by atoms with Gasteiger partial charge in [0.2, 0.25) is 0 Å². The molecule has 0 saturated carbocycles. The highest BCUT2D eigenvalue weighted by atomic mass is 32.2. The van der Waals surface area contributed by atoms with Gasteiger partial charge in [0, 0.05) is 13.0 Å². The zero-order valence-electron chi connectivity index (χ0n) is 11.5. The van der Waals surface area contributed by atoms with Gasteiger partial charge in [-0.05, 0) is 36.0 Å². The number of para-hydroxylation sites is 1. The molecule has 0 bridgehead atoms. The van der Waals surface area contributed by atoms with Gasteiger partial charge in [0.05, 0.1) is 11.1 Å². The van der Waals surface area contributed by atoms with Crippen molar-refractivity contribution in [3.63, 3.8) is 0 Å². The summed E-state index contributed by atoms with van der Waals surface area (Å²) in [4.78, 5) is 15.9. The van der Waals surface area contributed by atoms with Crippen molar-refractivity contribution >= 4 is 28.8 Å². The van der Waals surface area contributed by atoms with Crippen LogP contribution in [0.1, 0.15) is 29.5 Å². The zero-order valence-corrected chi connectivity index (χ0v) is 12.3. The number of aromatic carboxylic acids is 1. The number of aryl methyl sites for hydroxylation is 1. The maximum atomic E-state index is 11.3. The predicted molar refractivity (Wildman–Crippen MR) is 81.5 cm³/mol. The minimum Gasteiger partial charge on any atom is -0.478 e. The Kier molecular flexibility index (Phi) is 3.70. The lowest BCUT2D eigenvalue weighted by molar-refractivity contribution is 0.0699. The van der Waals surface area contributed by atoms with Gasteiger partial charge in [0.1, 0.15) is 11.3 Å². The van der Waals surface area contributed by atoms with Crippen molar-refractivity contribution in [3.05, 3.63) is 29.6 Å². The standard InChI is InChI=1S/C15H18N2O2S/c1-2-13-16-14-11(15(18)19)4-3-5-12(14)17(13)8-10-6-7-20-9-10/h3-5,10H,2,6-9H2,1H3,(H,18,19). The second kappa shape index (κ2) is 5.48. The van der Waals surface area contributed by atoms with Crippen molar-refractivity contribution in [1.82, 2.24) is 9.55 Å². The summed E-state index contributed by atoms with van der Waals surface area (Å²) in [5.41, 5.74) is 1.89. The summed E-state index contributed by atoms with van der Waals surface area (Å²) < 4.78 is 2.22. The molecule has 1 N–H and O–H groups in total. The lowest BCUT2D eigenvalue weighted by Gasteiger charge is -2.13. The summed E-state index contributed by atoms with van der Waals surface area (Å²) in [7, 11) is 0. The lowest BCUT2D eigenvalue weighted by atomic mass is 10.1. The number of nitrogens with zero attached hydrogens (tertiary/aromatic N) is 2. The highest BCUT2D eigenvalue weighted by Gasteiger charge is 2.21. The van der Waals surface area contributed by atoms with E-state index in [9.17, 15) is 9.90 Å². The number of fused-ring (bicyclic) bond motifs is 1. The van der Waals surface area contributed by atoms with Crippen LogP contribution in [0.4, 0.5) is 0 Å². The van der Waals surface area contributed by atoms with Crippen molar-refractivity contribution in [2.75, 3.05) is 11.5 Å². The Balaban J connectivity index is 2.09. The van der Waals surface area contributed by atoms with Crippen LogP contribution in [0.5, 0.6) is 0 Å². The number of carboxylic acid groups (broad SMARTS) is 1. The lowest BCUT2D eigenvalue weighted by Crippen LogP contribution is -2.12. The van der Waals surface area contributed by atoms with E-state index >= 15 is 0 Å². The number of aromatic nitrogens is 2. The van der Waals surface area contributed by atoms with Crippen molar-refractivity contribution < 1.29 is 9.90 Å². The van der Waals surface area contributed by atoms with E-state index in [1.54, 1.807) is 6.07 Å². The van der Waals surface area contributed by atoms with Crippen LogP contribution in [0.3, 0.4) is 0 Å². The van der Waals surface area contributed by atoms with Crippen molar-refractivity contribution in [1.29, 1.82) is 0 Å². The SMILES string of the molecule is CCc1nc2c(C(=O)O)cccc2n1CC1CCSC1. The minimum atomic E-state index is -0.903. The molecule has 0 radical (unpaired) electrons. The second-order valence-corrected chi connectivity index (χ2v) is 6.35. The molecule has 1 atom stereocenters. The molecule has 20 heavy (non-hydrogen) atoms. The van der Waals surface area contributed by atoms with Crippen molar-refractivity contribution in [2.45, 2.75) is 26.3 Å². The molecule has 0 spiro atoms. The number of carbonyl (C=O) groups is 1. The summed E-state index contributed by atoms with van der Waals surface area (Å²) in [6.45, 7) is 3.03. The average molecular weight is 290 g/mol. The maximum Gasteiger partial charge on any atom is 0.337 e. The van der Waals surface area contributed by atoms with E-state index in [2.05, 4.69) is 16.5 Å². The van der Waals surface area contributed by atoms with Gasteiger partial charge < -0.3 is 9.67 Å². The summed E-state index contributed by atoms with van der Waals surface area (Å²) in [5, 5.41) is 9.29. The van der Waals surface area contributed by atoms with Gasteiger partial charge >= 0.3 is 5.97 Å². The number of hydrogen-bond donors (Lipinski definition) is 1. The highest BCUT2D eigenvalue weighted by molar-refractivity contribution is 7.99. The summed E-state index contributed by atoms with van der Waals surface area (Å²) in [5.74, 6) is 3.20. The molecule has 2 aromatic rings. The number of benzene rings is 1. The van der Waals surface area contributed by atoms with E-state index in [0.29, 0.717) is 17.0 Å². The van der Waals surface area contributed by atoms with Crippen LogP contribution in [0.2, 0.25) is 0 Å². The Morgan fingerprint density at radius 2 is 2.40 bits per heavy atom. The zero-order chi connectivity index (χ0) is 14.1. The molecule has 5 heteroatoms. The van der Waals surface area contributed by atoms with Gasteiger partial charge in [-0.1, -0.05) is 13.0 Å². The molecular formula is C15H18N2O2S. The Hall–Kier alpha value is -1.49. The molecular weight excluding hydrogens is 272 g/mol. The number of rotatable bonds is 4. The molecule has 1 fully saturated rings. The molecule has 3 rings (SSSR count). The first-order valence-corrected chi connectivity index (χ1v) is 8.15. The van der Waals surface area contributed by atoms with Crippen LogP contribution >= 0.6 is 11.8 Å². The van der Waals surface area contributed by atoms with Crippen molar-refractivity contribution in [2.24, 2.45) is 5.92 Å². The fourth-order valence-corrected chi connectivity index (χ4v) is 4.10.